The number of aromatic nitrogens is 2. The Bertz CT molecular complexity index is 834. The number of hydrogen-bond donors (Lipinski definition) is 1. The first-order chi connectivity index (χ1) is 11.0. The topological polar surface area (TPSA) is 72.0 Å². The third-order valence-corrected chi connectivity index (χ3v) is 5.31. The van der Waals surface area contributed by atoms with Gasteiger partial charge in [0.2, 0.25) is 0 Å². The number of carbonyl (C=O) groups excluding carboxylic acids is 1. The van der Waals surface area contributed by atoms with Crippen molar-refractivity contribution >= 4 is 27.5 Å². The number of fused-ring (bicyclic) bond motifs is 3. The molecular weight excluding hydrogens is 312 g/mol. The van der Waals surface area contributed by atoms with Crippen LogP contribution in [0.5, 0.6) is 0 Å². The van der Waals surface area contributed by atoms with Crippen molar-refractivity contribution in [3.05, 3.63) is 38.8 Å². The minimum atomic E-state index is -0.589. The molecule has 6 heteroatoms. The van der Waals surface area contributed by atoms with Crippen LogP contribution in [0.15, 0.2) is 16.9 Å². The number of nitrogens with zero attached hydrogens (tertiary/aromatic N) is 1. The van der Waals surface area contributed by atoms with Crippen LogP contribution in [0.3, 0.4) is 0 Å². The lowest BCUT2D eigenvalue weighted by atomic mass is 9.89. The van der Waals surface area contributed by atoms with Gasteiger partial charge in [0, 0.05) is 11.0 Å². The molecule has 0 amide bonds. The van der Waals surface area contributed by atoms with E-state index in [0.29, 0.717) is 17.1 Å². The number of rotatable bonds is 3. The summed E-state index contributed by atoms with van der Waals surface area (Å²) in [6, 6.07) is 0. The number of aromatic amines is 1. The largest absolute Gasteiger partial charge is 0.451 e. The van der Waals surface area contributed by atoms with Crippen LogP contribution in [-0.2, 0) is 22.4 Å². The Kier molecular flexibility index (Phi) is 4.35. The molecule has 1 aliphatic rings. The van der Waals surface area contributed by atoms with Gasteiger partial charge in [-0.2, -0.15) is 0 Å². The summed E-state index contributed by atoms with van der Waals surface area (Å²) in [5.74, 6) is 0.601. The van der Waals surface area contributed by atoms with Gasteiger partial charge in [0.25, 0.3) is 5.56 Å². The lowest BCUT2D eigenvalue weighted by Crippen LogP contribution is -2.17. The van der Waals surface area contributed by atoms with Gasteiger partial charge in [-0.15, -0.1) is 11.3 Å². The predicted octanol–water partition coefficient (Wildman–Crippen LogP) is 3.29. The molecule has 0 saturated carbocycles. The van der Waals surface area contributed by atoms with Crippen molar-refractivity contribution < 1.29 is 9.53 Å². The highest BCUT2D eigenvalue weighted by molar-refractivity contribution is 7.18. The van der Waals surface area contributed by atoms with Crippen LogP contribution in [0.2, 0.25) is 0 Å². The highest BCUT2D eigenvalue weighted by Gasteiger charge is 2.24. The SMILES string of the molecule is C/C=C/C(=O)O[C@H](C)c1nc2sc3c(c2c(=O)[nH]1)CC[C@@H](C)C3. The summed E-state index contributed by atoms with van der Waals surface area (Å²) in [6.07, 6.45) is 5.43. The van der Waals surface area contributed by atoms with Crippen molar-refractivity contribution in [2.24, 2.45) is 5.92 Å². The molecule has 1 aliphatic carbocycles. The Balaban J connectivity index is 1.98. The third kappa shape index (κ3) is 3.08. The molecule has 0 fully saturated rings. The first-order valence-corrected chi connectivity index (χ1v) is 8.69. The average Bonchev–Trinajstić information content (AvgIpc) is 2.84. The van der Waals surface area contributed by atoms with Crippen molar-refractivity contribution in [3.63, 3.8) is 0 Å². The van der Waals surface area contributed by atoms with Gasteiger partial charge in [-0.05, 0) is 44.6 Å². The highest BCUT2D eigenvalue weighted by Crippen LogP contribution is 2.35. The maximum Gasteiger partial charge on any atom is 0.331 e. The van der Waals surface area contributed by atoms with Crippen LogP contribution < -0.4 is 5.56 Å². The fourth-order valence-corrected chi connectivity index (χ4v) is 4.35. The van der Waals surface area contributed by atoms with Gasteiger partial charge in [-0.1, -0.05) is 13.0 Å². The summed E-state index contributed by atoms with van der Waals surface area (Å²) < 4.78 is 5.25. The summed E-state index contributed by atoms with van der Waals surface area (Å²) in [4.78, 5) is 33.4. The molecule has 5 nitrogen and oxygen atoms in total. The smallest absolute Gasteiger partial charge is 0.331 e. The third-order valence-electron chi connectivity index (χ3n) is 4.16. The fourth-order valence-electron chi connectivity index (χ4n) is 2.96. The number of esters is 1. The van der Waals surface area contributed by atoms with E-state index in [9.17, 15) is 9.59 Å². The number of hydrogen-bond acceptors (Lipinski definition) is 5. The van der Waals surface area contributed by atoms with Crippen LogP contribution in [0.1, 0.15) is 49.6 Å². The van der Waals surface area contributed by atoms with Gasteiger partial charge < -0.3 is 9.72 Å². The molecule has 2 atom stereocenters. The first-order valence-electron chi connectivity index (χ1n) is 7.87. The van der Waals surface area contributed by atoms with E-state index < -0.39 is 12.1 Å². The summed E-state index contributed by atoms with van der Waals surface area (Å²) in [7, 11) is 0. The number of nitrogens with one attached hydrogen (secondary N) is 1. The van der Waals surface area contributed by atoms with Crippen LogP contribution >= 0.6 is 11.3 Å². The molecule has 0 saturated heterocycles. The molecule has 0 radical (unpaired) electrons. The second kappa shape index (κ2) is 6.28. The highest BCUT2D eigenvalue weighted by atomic mass is 32.1. The lowest BCUT2D eigenvalue weighted by Gasteiger charge is -2.17. The Morgan fingerprint density at radius 2 is 2.30 bits per heavy atom. The summed E-state index contributed by atoms with van der Waals surface area (Å²) >= 11 is 1.59. The van der Waals surface area contributed by atoms with Gasteiger partial charge in [0.05, 0.1) is 5.39 Å². The van der Waals surface area contributed by atoms with Gasteiger partial charge in [0.1, 0.15) is 4.83 Å². The van der Waals surface area contributed by atoms with Gasteiger partial charge in [-0.3, -0.25) is 4.79 Å². The quantitative estimate of drug-likeness (QED) is 0.691. The lowest BCUT2D eigenvalue weighted by molar-refractivity contribution is -0.142. The zero-order valence-corrected chi connectivity index (χ0v) is 14.3. The standard InChI is InChI=1S/C17H20N2O3S/c1-4-5-13(20)22-10(3)15-18-16(21)14-11-7-6-9(2)8-12(11)23-17(14)19-15/h4-5,9-10H,6-8H2,1-3H3,(H,18,19,21)/b5-4+/t9-,10-/m1/s1. The minimum absolute atomic E-state index is 0.133. The molecule has 0 aliphatic heterocycles. The molecule has 0 aromatic carbocycles. The number of allylic oxidation sites excluding steroid dienone is 1. The normalized spacial score (nSPS) is 19.0. The Labute approximate surface area is 138 Å². The van der Waals surface area contributed by atoms with Gasteiger partial charge in [-0.25, -0.2) is 9.78 Å². The molecule has 0 bridgehead atoms. The number of H-pyrrole nitrogens is 1. The second-order valence-electron chi connectivity index (χ2n) is 6.06. The van der Waals surface area contributed by atoms with E-state index in [0.717, 1.165) is 29.7 Å². The number of thiophene rings is 1. The number of carbonyl (C=O) groups is 1. The minimum Gasteiger partial charge on any atom is -0.451 e. The number of aryl methyl sites for hydroxylation is 1. The summed E-state index contributed by atoms with van der Waals surface area (Å²) in [5.41, 5.74) is 1.02. The monoisotopic (exact) mass is 332 g/mol. The van der Waals surface area contributed by atoms with E-state index >= 15 is 0 Å². The van der Waals surface area contributed by atoms with Crippen molar-refractivity contribution in [1.29, 1.82) is 0 Å². The van der Waals surface area contributed by atoms with Crippen LogP contribution in [0.25, 0.3) is 10.2 Å². The van der Waals surface area contributed by atoms with E-state index in [-0.39, 0.29) is 5.56 Å². The molecule has 2 aromatic rings. The van der Waals surface area contributed by atoms with E-state index in [2.05, 4.69) is 16.9 Å². The summed E-state index contributed by atoms with van der Waals surface area (Å²) in [6.45, 7) is 5.69. The van der Waals surface area contributed by atoms with Crippen molar-refractivity contribution in [2.75, 3.05) is 0 Å². The van der Waals surface area contributed by atoms with E-state index in [1.165, 1.54) is 11.0 Å². The maximum absolute atomic E-state index is 12.5. The molecule has 122 valence electrons. The van der Waals surface area contributed by atoms with Gasteiger partial charge >= 0.3 is 5.97 Å². The molecule has 1 N–H and O–H groups in total. The van der Waals surface area contributed by atoms with Crippen molar-refractivity contribution in [3.8, 4) is 0 Å². The van der Waals surface area contributed by atoms with Crippen LogP contribution in [0, 0.1) is 5.92 Å². The molecular formula is C17H20N2O3S. The summed E-state index contributed by atoms with van der Waals surface area (Å²) in [5, 5.41) is 0.715. The van der Waals surface area contributed by atoms with Crippen molar-refractivity contribution in [1.82, 2.24) is 9.97 Å². The van der Waals surface area contributed by atoms with E-state index in [4.69, 9.17) is 4.74 Å². The van der Waals surface area contributed by atoms with Gasteiger partial charge in [0.15, 0.2) is 11.9 Å². The number of ether oxygens (including phenoxy) is 1. The predicted molar refractivity (Wildman–Crippen MR) is 90.8 cm³/mol. The Morgan fingerprint density at radius 1 is 1.52 bits per heavy atom. The fraction of sp³-hybridized carbons (Fsp3) is 0.471. The van der Waals surface area contributed by atoms with Crippen LogP contribution in [-0.4, -0.2) is 15.9 Å². The molecule has 3 rings (SSSR count). The Morgan fingerprint density at radius 3 is 3.04 bits per heavy atom. The zero-order chi connectivity index (χ0) is 16.6. The maximum atomic E-state index is 12.5. The second-order valence-corrected chi connectivity index (χ2v) is 7.15. The van der Waals surface area contributed by atoms with E-state index in [1.807, 2.05) is 0 Å². The van der Waals surface area contributed by atoms with E-state index in [1.54, 1.807) is 31.3 Å². The Hall–Kier alpha value is -1.95. The molecule has 2 heterocycles. The van der Waals surface area contributed by atoms with Crippen LogP contribution in [0.4, 0.5) is 0 Å². The first kappa shape index (κ1) is 15.9. The molecule has 0 spiro atoms. The zero-order valence-electron chi connectivity index (χ0n) is 13.5. The van der Waals surface area contributed by atoms with Crippen molar-refractivity contribution in [2.45, 2.75) is 46.1 Å². The molecule has 0 unspecified atom stereocenters. The molecule has 23 heavy (non-hydrogen) atoms. The average molecular weight is 332 g/mol. The molecule has 2 aromatic heterocycles.